The Kier molecular flexibility index (Phi) is 8.03. The standard InChI is InChI=1S/C28H25NO5S/c30-14-3-15-34-22-10-8-20-9-13-24(18-21(20)17-22)35-23-11-6-19(7-12-23)16-27(31)29-26-5-2-1-4-25(26)28(32)33/h1-2,4-13,17-18,30H,3,14-16H2,(H,29,31)(H,32,33). The maximum Gasteiger partial charge on any atom is 0.337 e. The fourth-order valence-electron chi connectivity index (χ4n) is 3.58. The van der Waals surface area contributed by atoms with Gasteiger partial charge in [-0.1, -0.05) is 48.2 Å². The van der Waals surface area contributed by atoms with Gasteiger partial charge in [0, 0.05) is 22.8 Å². The van der Waals surface area contributed by atoms with Crippen molar-refractivity contribution in [1.82, 2.24) is 0 Å². The second kappa shape index (κ2) is 11.6. The molecule has 6 nitrogen and oxygen atoms in total. The van der Waals surface area contributed by atoms with Crippen molar-refractivity contribution in [3.05, 3.63) is 96.1 Å². The van der Waals surface area contributed by atoms with E-state index >= 15 is 0 Å². The topological polar surface area (TPSA) is 95.9 Å². The Morgan fingerprint density at radius 2 is 1.60 bits per heavy atom. The predicted octanol–water partition coefficient (Wildman–Crippen LogP) is 5.63. The average Bonchev–Trinajstić information content (AvgIpc) is 2.85. The number of carboxylic acids is 1. The van der Waals surface area contributed by atoms with Crippen LogP contribution in [0.4, 0.5) is 5.69 Å². The third-order valence-corrected chi connectivity index (χ3v) is 6.31. The molecule has 0 fully saturated rings. The molecule has 0 aliphatic carbocycles. The first-order chi connectivity index (χ1) is 17.0. The molecule has 0 aliphatic rings. The number of carboxylic acid groups (broad SMARTS) is 1. The summed E-state index contributed by atoms with van der Waals surface area (Å²) in [6, 6.07) is 26.3. The van der Waals surface area contributed by atoms with Crippen LogP contribution in [0.25, 0.3) is 10.8 Å². The maximum absolute atomic E-state index is 12.4. The fourth-order valence-corrected chi connectivity index (χ4v) is 4.45. The van der Waals surface area contributed by atoms with E-state index in [2.05, 4.69) is 23.5 Å². The molecular weight excluding hydrogens is 462 g/mol. The van der Waals surface area contributed by atoms with E-state index in [1.165, 1.54) is 6.07 Å². The number of aromatic carboxylic acids is 1. The summed E-state index contributed by atoms with van der Waals surface area (Å²) in [4.78, 5) is 25.9. The predicted molar refractivity (Wildman–Crippen MR) is 137 cm³/mol. The Balaban J connectivity index is 1.39. The van der Waals surface area contributed by atoms with E-state index in [1.807, 2.05) is 42.5 Å². The van der Waals surface area contributed by atoms with Crippen molar-refractivity contribution in [3.8, 4) is 5.75 Å². The van der Waals surface area contributed by atoms with Crippen LogP contribution in [0, 0.1) is 0 Å². The molecule has 4 aromatic rings. The molecule has 0 radical (unpaired) electrons. The van der Waals surface area contributed by atoms with Gasteiger partial charge in [-0.05, 0) is 64.9 Å². The Morgan fingerprint density at radius 3 is 2.37 bits per heavy atom. The fraction of sp³-hybridized carbons (Fsp3) is 0.143. The molecule has 0 saturated heterocycles. The van der Waals surface area contributed by atoms with Gasteiger partial charge in [-0.15, -0.1) is 0 Å². The third-order valence-electron chi connectivity index (χ3n) is 5.31. The molecule has 7 heteroatoms. The quantitative estimate of drug-likeness (QED) is 0.251. The van der Waals surface area contributed by atoms with Gasteiger partial charge in [-0.25, -0.2) is 4.79 Å². The minimum atomic E-state index is -1.08. The number of benzene rings is 4. The highest BCUT2D eigenvalue weighted by molar-refractivity contribution is 7.99. The Hall–Kier alpha value is -3.81. The van der Waals surface area contributed by atoms with Gasteiger partial charge in [0.05, 0.1) is 24.3 Å². The zero-order valence-electron chi connectivity index (χ0n) is 18.9. The lowest BCUT2D eigenvalue weighted by Gasteiger charge is -2.09. The molecule has 1 amide bonds. The largest absolute Gasteiger partial charge is 0.493 e. The summed E-state index contributed by atoms with van der Waals surface area (Å²) >= 11 is 1.63. The average molecular weight is 488 g/mol. The van der Waals surface area contributed by atoms with Crippen LogP contribution in [0.3, 0.4) is 0 Å². The van der Waals surface area contributed by atoms with Gasteiger partial charge in [-0.2, -0.15) is 0 Å². The van der Waals surface area contributed by atoms with Crippen molar-refractivity contribution in [2.45, 2.75) is 22.6 Å². The van der Waals surface area contributed by atoms with Crippen molar-refractivity contribution >= 4 is 40.1 Å². The number of nitrogens with one attached hydrogen (secondary N) is 1. The van der Waals surface area contributed by atoms with E-state index in [4.69, 9.17) is 9.84 Å². The summed E-state index contributed by atoms with van der Waals surface area (Å²) in [5.41, 5.74) is 1.19. The number of hydrogen-bond donors (Lipinski definition) is 3. The van der Waals surface area contributed by atoms with Gasteiger partial charge in [0.25, 0.3) is 0 Å². The van der Waals surface area contributed by atoms with Crippen molar-refractivity contribution < 1.29 is 24.5 Å². The number of fused-ring (bicyclic) bond motifs is 1. The first-order valence-electron chi connectivity index (χ1n) is 11.2. The van der Waals surface area contributed by atoms with Crippen LogP contribution in [-0.2, 0) is 11.2 Å². The molecule has 4 rings (SSSR count). The molecule has 35 heavy (non-hydrogen) atoms. The van der Waals surface area contributed by atoms with Crippen LogP contribution < -0.4 is 10.1 Å². The molecule has 0 saturated carbocycles. The van der Waals surface area contributed by atoms with E-state index in [-0.39, 0.29) is 30.2 Å². The van der Waals surface area contributed by atoms with E-state index < -0.39 is 5.97 Å². The Morgan fingerprint density at radius 1 is 0.857 bits per heavy atom. The number of ether oxygens (including phenoxy) is 1. The molecule has 0 atom stereocenters. The van der Waals surface area contributed by atoms with Gasteiger partial charge in [-0.3, -0.25) is 4.79 Å². The Bertz CT molecular complexity index is 1340. The molecule has 178 valence electrons. The zero-order chi connectivity index (χ0) is 24.6. The molecule has 4 aromatic carbocycles. The number of para-hydroxylation sites is 1. The van der Waals surface area contributed by atoms with E-state index in [0.29, 0.717) is 13.0 Å². The van der Waals surface area contributed by atoms with Crippen LogP contribution in [0.1, 0.15) is 22.3 Å². The second-order valence-electron chi connectivity index (χ2n) is 7.92. The molecule has 0 unspecified atom stereocenters. The highest BCUT2D eigenvalue weighted by Gasteiger charge is 2.12. The van der Waals surface area contributed by atoms with Crippen LogP contribution in [-0.4, -0.2) is 35.3 Å². The number of aliphatic hydroxyl groups is 1. The summed E-state index contributed by atoms with van der Waals surface area (Å²) in [5, 5.41) is 23.1. The molecular formula is C28H25NO5S. The van der Waals surface area contributed by atoms with Gasteiger partial charge in [0.2, 0.25) is 5.91 Å². The smallest absolute Gasteiger partial charge is 0.337 e. The van der Waals surface area contributed by atoms with Crippen molar-refractivity contribution in [3.63, 3.8) is 0 Å². The van der Waals surface area contributed by atoms with Crippen LogP contribution in [0.2, 0.25) is 0 Å². The van der Waals surface area contributed by atoms with Crippen LogP contribution in [0.5, 0.6) is 5.75 Å². The molecule has 0 heterocycles. The summed E-state index contributed by atoms with van der Waals surface area (Å²) in [6.07, 6.45) is 0.745. The number of hydrogen-bond acceptors (Lipinski definition) is 5. The zero-order valence-corrected chi connectivity index (χ0v) is 19.8. The molecule has 0 aromatic heterocycles. The van der Waals surface area contributed by atoms with Crippen molar-refractivity contribution in [2.75, 3.05) is 18.5 Å². The summed E-state index contributed by atoms with van der Waals surface area (Å²) < 4.78 is 5.68. The molecule has 0 bridgehead atoms. The summed E-state index contributed by atoms with van der Waals surface area (Å²) in [5.74, 6) is -0.575. The monoisotopic (exact) mass is 487 g/mol. The lowest BCUT2D eigenvalue weighted by molar-refractivity contribution is -0.115. The number of carbonyl (C=O) groups is 2. The maximum atomic E-state index is 12.4. The first kappa shape index (κ1) is 24.3. The second-order valence-corrected chi connectivity index (χ2v) is 9.07. The van der Waals surface area contributed by atoms with E-state index in [9.17, 15) is 14.7 Å². The first-order valence-corrected chi connectivity index (χ1v) is 12.0. The van der Waals surface area contributed by atoms with E-state index in [1.54, 1.807) is 30.0 Å². The summed E-state index contributed by atoms with van der Waals surface area (Å²) in [7, 11) is 0. The highest BCUT2D eigenvalue weighted by atomic mass is 32.2. The van der Waals surface area contributed by atoms with Crippen LogP contribution in [0.15, 0.2) is 94.7 Å². The number of amides is 1. The number of rotatable bonds is 10. The minimum absolute atomic E-state index is 0.0619. The molecule has 0 aliphatic heterocycles. The number of anilines is 1. The SMILES string of the molecule is O=C(Cc1ccc(Sc2ccc3ccc(OCCCO)cc3c2)cc1)Nc1ccccc1C(=O)O. The van der Waals surface area contributed by atoms with E-state index in [0.717, 1.165) is 31.9 Å². The molecule has 0 spiro atoms. The third kappa shape index (κ3) is 6.62. The van der Waals surface area contributed by atoms with Gasteiger partial charge in [0.1, 0.15) is 5.75 Å². The normalized spacial score (nSPS) is 10.8. The van der Waals surface area contributed by atoms with Gasteiger partial charge < -0.3 is 20.3 Å². The Labute approximate surface area is 207 Å². The van der Waals surface area contributed by atoms with Gasteiger partial charge >= 0.3 is 5.97 Å². The van der Waals surface area contributed by atoms with Gasteiger partial charge in [0.15, 0.2) is 0 Å². The van der Waals surface area contributed by atoms with Crippen LogP contribution >= 0.6 is 11.8 Å². The van der Waals surface area contributed by atoms with Crippen molar-refractivity contribution in [2.24, 2.45) is 0 Å². The van der Waals surface area contributed by atoms with Crippen molar-refractivity contribution in [1.29, 1.82) is 0 Å². The summed E-state index contributed by atoms with van der Waals surface area (Å²) in [6.45, 7) is 0.587. The lowest BCUT2D eigenvalue weighted by Crippen LogP contribution is -2.16. The highest BCUT2D eigenvalue weighted by Crippen LogP contribution is 2.31. The molecule has 3 N–H and O–H groups in total. The minimum Gasteiger partial charge on any atom is -0.493 e. The number of carbonyl (C=O) groups excluding carboxylic acids is 1. The number of aliphatic hydroxyl groups excluding tert-OH is 1. The lowest BCUT2D eigenvalue weighted by atomic mass is 10.1.